The third kappa shape index (κ3) is 4.20. The number of anilines is 2. The van der Waals surface area contributed by atoms with E-state index in [1.165, 1.54) is 5.56 Å². The Morgan fingerprint density at radius 2 is 2.10 bits per heavy atom. The summed E-state index contributed by atoms with van der Waals surface area (Å²) in [5.74, 6) is 1.80. The summed E-state index contributed by atoms with van der Waals surface area (Å²) in [7, 11) is 2.05. The Hall–Kier alpha value is -1.62. The first kappa shape index (κ1) is 14.8. The van der Waals surface area contributed by atoms with Gasteiger partial charge in [0.2, 0.25) is 0 Å². The van der Waals surface area contributed by atoms with Crippen LogP contribution >= 0.6 is 15.9 Å². The van der Waals surface area contributed by atoms with Crippen molar-refractivity contribution in [2.24, 2.45) is 0 Å². The quantitative estimate of drug-likeness (QED) is 0.879. The minimum atomic E-state index is 0.859. The van der Waals surface area contributed by atoms with Crippen LogP contribution in [0.4, 0.5) is 11.6 Å². The molecule has 0 amide bonds. The highest BCUT2D eigenvalue weighted by atomic mass is 79.9. The lowest BCUT2D eigenvalue weighted by Crippen LogP contribution is -2.21. The fourth-order valence-electron chi connectivity index (χ4n) is 1.94. The molecule has 1 heterocycles. The van der Waals surface area contributed by atoms with Crippen molar-refractivity contribution in [3.63, 3.8) is 0 Å². The Balaban J connectivity index is 1.97. The van der Waals surface area contributed by atoms with Crippen LogP contribution < -0.4 is 10.2 Å². The number of halogens is 1. The SMILES string of the molecule is CCNc1cc(N(C)CCc2cccc(Br)c2)ncn1. The van der Waals surface area contributed by atoms with E-state index in [1.807, 2.05) is 12.1 Å². The summed E-state index contributed by atoms with van der Waals surface area (Å²) < 4.78 is 1.12. The highest BCUT2D eigenvalue weighted by Crippen LogP contribution is 2.15. The van der Waals surface area contributed by atoms with Crippen LogP contribution in [0.1, 0.15) is 12.5 Å². The topological polar surface area (TPSA) is 41.0 Å². The van der Waals surface area contributed by atoms with Gasteiger partial charge >= 0.3 is 0 Å². The molecule has 1 aromatic heterocycles. The van der Waals surface area contributed by atoms with Crippen molar-refractivity contribution in [3.8, 4) is 0 Å². The van der Waals surface area contributed by atoms with Crippen LogP contribution in [0.2, 0.25) is 0 Å². The number of aromatic nitrogens is 2. The molecule has 0 spiro atoms. The second-order valence-corrected chi connectivity index (χ2v) is 5.51. The molecule has 0 radical (unpaired) electrons. The first-order valence-corrected chi connectivity index (χ1v) is 7.50. The Morgan fingerprint density at radius 3 is 2.85 bits per heavy atom. The first-order chi connectivity index (χ1) is 9.69. The first-order valence-electron chi connectivity index (χ1n) is 6.70. The van der Waals surface area contributed by atoms with Gasteiger partial charge in [0, 0.05) is 30.7 Å². The van der Waals surface area contributed by atoms with E-state index in [9.17, 15) is 0 Å². The molecule has 0 saturated heterocycles. The number of hydrogen-bond acceptors (Lipinski definition) is 4. The number of rotatable bonds is 6. The van der Waals surface area contributed by atoms with Gasteiger partial charge in [-0.15, -0.1) is 0 Å². The summed E-state index contributed by atoms with van der Waals surface area (Å²) in [6, 6.07) is 10.4. The zero-order valence-electron chi connectivity index (χ0n) is 11.8. The van der Waals surface area contributed by atoms with E-state index < -0.39 is 0 Å². The number of nitrogens with zero attached hydrogens (tertiary/aromatic N) is 3. The molecule has 5 heteroatoms. The van der Waals surface area contributed by atoms with Crippen LogP contribution in [-0.4, -0.2) is 30.1 Å². The van der Waals surface area contributed by atoms with Crippen molar-refractivity contribution in [2.75, 3.05) is 30.4 Å². The van der Waals surface area contributed by atoms with Crippen LogP contribution in [0.25, 0.3) is 0 Å². The van der Waals surface area contributed by atoms with E-state index in [1.54, 1.807) is 6.33 Å². The normalized spacial score (nSPS) is 10.3. The van der Waals surface area contributed by atoms with E-state index in [0.717, 1.165) is 35.6 Å². The van der Waals surface area contributed by atoms with Gasteiger partial charge in [-0.3, -0.25) is 0 Å². The Bertz CT molecular complexity index is 559. The van der Waals surface area contributed by atoms with Crippen LogP contribution in [0.5, 0.6) is 0 Å². The second kappa shape index (κ2) is 7.24. The second-order valence-electron chi connectivity index (χ2n) is 4.59. The van der Waals surface area contributed by atoms with Gasteiger partial charge in [0.15, 0.2) is 0 Å². The molecule has 20 heavy (non-hydrogen) atoms. The summed E-state index contributed by atoms with van der Waals surface area (Å²) in [6.07, 6.45) is 2.58. The molecule has 0 aliphatic carbocycles. The molecule has 106 valence electrons. The average Bonchev–Trinajstić information content (AvgIpc) is 2.45. The van der Waals surface area contributed by atoms with Crippen LogP contribution in [-0.2, 0) is 6.42 Å². The van der Waals surface area contributed by atoms with Crippen molar-refractivity contribution in [2.45, 2.75) is 13.3 Å². The molecular weight excluding hydrogens is 316 g/mol. The predicted octanol–water partition coefficient (Wildman–Crippen LogP) is 3.35. The maximum absolute atomic E-state index is 4.32. The minimum Gasteiger partial charge on any atom is -0.370 e. The van der Waals surface area contributed by atoms with Gasteiger partial charge in [-0.05, 0) is 31.0 Å². The molecule has 1 aromatic carbocycles. The number of nitrogens with one attached hydrogen (secondary N) is 1. The molecule has 1 N–H and O–H groups in total. The maximum Gasteiger partial charge on any atom is 0.133 e. The fourth-order valence-corrected chi connectivity index (χ4v) is 2.38. The molecule has 0 aliphatic rings. The fraction of sp³-hybridized carbons (Fsp3) is 0.333. The van der Waals surface area contributed by atoms with Gasteiger partial charge < -0.3 is 10.2 Å². The van der Waals surface area contributed by atoms with Gasteiger partial charge in [0.25, 0.3) is 0 Å². The molecular formula is C15H19BrN4. The van der Waals surface area contributed by atoms with Crippen LogP contribution in [0.3, 0.4) is 0 Å². The third-order valence-corrected chi connectivity index (χ3v) is 3.52. The highest BCUT2D eigenvalue weighted by Gasteiger charge is 2.04. The summed E-state index contributed by atoms with van der Waals surface area (Å²) >= 11 is 3.50. The van der Waals surface area contributed by atoms with Gasteiger partial charge in [0.1, 0.15) is 18.0 Å². The van der Waals surface area contributed by atoms with Crippen molar-refractivity contribution < 1.29 is 0 Å². The monoisotopic (exact) mass is 334 g/mol. The third-order valence-electron chi connectivity index (χ3n) is 3.03. The number of hydrogen-bond donors (Lipinski definition) is 1. The van der Waals surface area contributed by atoms with E-state index in [4.69, 9.17) is 0 Å². The Labute approximate surface area is 128 Å². The average molecular weight is 335 g/mol. The predicted molar refractivity (Wildman–Crippen MR) is 87.3 cm³/mol. The minimum absolute atomic E-state index is 0.859. The summed E-state index contributed by atoms with van der Waals surface area (Å²) in [4.78, 5) is 10.6. The molecule has 0 atom stereocenters. The molecule has 0 saturated carbocycles. The van der Waals surface area contributed by atoms with E-state index in [2.05, 4.69) is 68.3 Å². The van der Waals surface area contributed by atoms with Crippen molar-refractivity contribution in [1.82, 2.24) is 9.97 Å². The van der Waals surface area contributed by atoms with Crippen LogP contribution in [0.15, 0.2) is 41.1 Å². The summed E-state index contributed by atoms with van der Waals surface area (Å²) in [6.45, 7) is 3.83. The smallest absolute Gasteiger partial charge is 0.133 e. The molecule has 0 fully saturated rings. The van der Waals surface area contributed by atoms with E-state index in [0.29, 0.717) is 0 Å². The molecule has 0 unspecified atom stereocenters. The van der Waals surface area contributed by atoms with Crippen molar-refractivity contribution >= 4 is 27.6 Å². The lowest BCUT2D eigenvalue weighted by molar-refractivity contribution is 0.855. The summed E-state index contributed by atoms with van der Waals surface area (Å²) in [5, 5.41) is 3.20. The van der Waals surface area contributed by atoms with E-state index in [-0.39, 0.29) is 0 Å². The molecule has 2 aromatic rings. The van der Waals surface area contributed by atoms with Crippen molar-refractivity contribution in [3.05, 3.63) is 46.7 Å². The van der Waals surface area contributed by atoms with E-state index >= 15 is 0 Å². The lowest BCUT2D eigenvalue weighted by atomic mass is 10.1. The largest absolute Gasteiger partial charge is 0.370 e. The molecule has 4 nitrogen and oxygen atoms in total. The number of benzene rings is 1. The van der Waals surface area contributed by atoms with Gasteiger partial charge in [-0.2, -0.15) is 0 Å². The Kier molecular flexibility index (Phi) is 5.35. The zero-order chi connectivity index (χ0) is 14.4. The molecule has 2 rings (SSSR count). The lowest BCUT2D eigenvalue weighted by Gasteiger charge is -2.18. The van der Waals surface area contributed by atoms with Crippen LogP contribution in [0, 0.1) is 0 Å². The summed E-state index contributed by atoms with van der Waals surface area (Å²) in [5.41, 5.74) is 1.31. The Morgan fingerprint density at radius 1 is 1.25 bits per heavy atom. The molecule has 0 aliphatic heterocycles. The standard InChI is InChI=1S/C15H19BrN4/c1-3-17-14-10-15(19-11-18-14)20(2)8-7-12-5-4-6-13(16)9-12/h4-6,9-11H,3,7-8H2,1-2H3,(H,17,18,19). The number of likely N-dealkylation sites (N-methyl/N-ethyl adjacent to an activating group) is 1. The zero-order valence-corrected chi connectivity index (χ0v) is 13.4. The van der Waals surface area contributed by atoms with Crippen molar-refractivity contribution in [1.29, 1.82) is 0 Å². The highest BCUT2D eigenvalue weighted by molar-refractivity contribution is 9.10. The maximum atomic E-state index is 4.32. The van der Waals surface area contributed by atoms with Gasteiger partial charge in [-0.25, -0.2) is 9.97 Å². The van der Waals surface area contributed by atoms with Gasteiger partial charge in [-0.1, -0.05) is 28.1 Å². The van der Waals surface area contributed by atoms with Gasteiger partial charge in [0.05, 0.1) is 0 Å². The molecule has 0 bridgehead atoms.